The highest BCUT2D eigenvalue weighted by atomic mass is 16.5. The molecule has 1 fully saturated rings. The predicted molar refractivity (Wildman–Crippen MR) is 84.4 cm³/mol. The predicted octanol–water partition coefficient (Wildman–Crippen LogP) is 2.79. The lowest BCUT2D eigenvalue weighted by atomic mass is 9.90. The largest absolute Gasteiger partial charge is 0.496 e. The SMILES string of the molecule is CCCC1(C(=O)N[C@H](C)c2ccccc2OC)CCCN1. The number of hydrogen-bond acceptors (Lipinski definition) is 3. The molecular weight excluding hydrogens is 264 g/mol. The maximum absolute atomic E-state index is 12.7. The Morgan fingerprint density at radius 3 is 2.86 bits per heavy atom. The molecule has 2 atom stereocenters. The molecule has 1 aromatic rings. The van der Waals surface area contributed by atoms with E-state index >= 15 is 0 Å². The van der Waals surface area contributed by atoms with Crippen LogP contribution in [-0.4, -0.2) is 25.1 Å². The first-order chi connectivity index (χ1) is 10.1. The van der Waals surface area contributed by atoms with Gasteiger partial charge in [0.1, 0.15) is 5.75 Å². The van der Waals surface area contributed by atoms with Gasteiger partial charge in [-0.25, -0.2) is 0 Å². The van der Waals surface area contributed by atoms with E-state index in [1.165, 1.54) is 0 Å². The summed E-state index contributed by atoms with van der Waals surface area (Å²) < 4.78 is 5.38. The van der Waals surface area contributed by atoms with Crippen molar-refractivity contribution in [3.05, 3.63) is 29.8 Å². The van der Waals surface area contributed by atoms with Gasteiger partial charge in [-0.1, -0.05) is 31.5 Å². The average Bonchev–Trinajstić information content (AvgIpc) is 2.97. The third kappa shape index (κ3) is 3.38. The second-order valence-electron chi connectivity index (χ2n) is 5.80. The molecule has 116 valence electrons. The minimum atomic E-state index is -0.384. The number of para-hydroxylation sites is 1. The highest BCUT2D eigenvalue weighted by molar-refractivity contribution is 5.87. The summed E-state index contributed by atoms with van der Waals surface area (Å²) in [4.78, 5) is 12.7. The zero-order valence-electron chi connectivity index (χ0n) is 13.2. The van der Waals surface area contributed by atoms with Gasteiger partial charge >= 0.3 is 0 Å². The summed E-state index contributed by atoms with van der Waals surface area (Å²) in [6.07, 6.45) is 3.88. The number of methoxy groups -OCH3 is 1. The van der Waals surface area contributed by atoms with Gasteiger partial charge < -0.3 is 15.4 Å². The van der Waals surface area contributed by atoms with E-state index in [1.54, 1.807) is 7.11 Å². The fourth-order valence-corrected chi connectivity index (χ4v) is 3.19. The minimum Gasteiger partial charge on any atom is -0.496 e. The average molecular weight is 290 g/mol. The van der Waals surface area contributed by atoms with Gasteiger partial charge in [0.25, 0.3) is 0 Å². The Labute approximate surface area is 127 Å². The molecule has 0 aromatic heterocycles. The van der Waals surface area contributed by atoms with Crippen molar-refractivity contribution in [2.75, 3.05) is 13.7 Å². The molecule has 0 aliphatic carbocycles. The topological polar surface area (TPSA) is 50.4 Å². The van der Waals surface area contributed by atoms with E-state index in [0.29, 0.717) is 0 Å². The molecule has 1 aromatic carbocycles. The van der Waals surface area contributed by atoms with Gasteiger partial charge in [-0.3, -0.25) is 4.79 Å². The zero-order valence-corrected chi connectivity index (χ0v) is 13.2. The van der Waals surface area contributed by atoms with Crippen LogP contribution in [-0.2, 0) is 4.79 Å². The number of benzene rings is 1. The molecule has 1 unspecified atom stereocenters. The summed E-state index contributed by atoms with van der Waals surface area (Å²) in [5.74, 6) is 0.925. The second-order valence-corrected chi connectivity index (χ2v) is 5.80. The van der Waals surface area contributed by atoms with Gasteiger partial charge in [0.15, 0.2) is 0 Å². The number of rotatable bonds is 6. The van der Waals surface area contributed by atoms with Crippen molar-refractivity contribution < 1.29 is 9.53 Å². The van der Waals surface area contributed by atoms with Crippen molar-refractivity contribution >= 4 is 5.91 Å². The van der Waals surface area contributed by atoms with Crippen LogP contribution in [0.4, 0.5) is 0 Å². The first kappa shape index (κ1) is 15.8. The molecule has 21 heavy (non-hydrogen) atoms. The van der Waals surface area contributed by atoms with Crippen LogP contribution in [0.15, 0.2) is 24.3 Å². The molecule has 2 rings (SSSR count). The Balaban J connectivity index is 2.11. The first-order valence-corrected chi connectivity index (χ1v) is 7.82. The summed E-state index contributed by atoms with van der Waals surface area (Å²) in [5, 5.41) is 6.57. The highest BCUT2D eigenvalue weighted by Crippen LogP contribution is 2.28. The molecule has 1 heterocycles. The zero-order chi connectivity index (χ0) is 15.3. The summed E-state index contributed by atoms with van der Waals surface area (Å²) >= 11 is 0. The van der Waals surface area contributed by atoms with Crippen molar-refractivity contribution in [3.8, 4) is 5.75 Å². The van der Waals surface area contributed by atoms with Gasteiger partial charge in [-0.15, -0.1) is 0 Å². The third-order valence-corrected chi connectivity index (χ3v) is 4.31. The Bertz CT molecular complexity index is 481. The van der Waals surface area contributed by atoms with Crippen LogP contribution >= 0.6 is 0 Å². The molecule has 1 aliphatic rings. The van der Waals surface area contributed by atoms with Crippen LogP contribution < -0.4 is 15.4 Å². The molecule has 1 aliphatic heterocycles. The standard InChI is InChI=1S/C17H26N2O2/c1-4-10-17(11-7-12-18-17)16(20)19-13(2)14-8-5-6-9-15(14)21-3/h5-6,8-9,13,18H,4,7,10-12H2,1-3H3,(H,19,20)/t13-,17?/m1/s1. The fraction of sp³-hybridized carbons (Fsp3) is 0.588. The molecule has 0 bridgehead atoms. The fourth-order valence-electron chi connectivity index (χ4n) is 3.19. The second kappa shape index (κ2) is 6.94. The summed E-state index contributed by atoms with van der Waals surface area (Å²) in [6.45, 7) is 5.06. The lowest BCUT2D eigenvalue weighted by Crippen LogP contribution is -2.53. The van der Waals surface area contributed by atoms with Gasteiger partial charge in [0.05, 0.1) is 18.7 Å². The van der Waals surface area contributed by atoms with Crippen molar-refractivity contribution in [1.82, 2.24) is 10.6 Å². The molecule has 0 radical (unpaired) electrons. The molecular formula is C17H26N2O2. The van der Waals surface area contributed by atoms with E-state index in [2.05, 4.69) is 17.6 Å². The molecule has 1 saturated heterocycles. The minimum absolute atomic E-state index is 0.0650. The molecule has 2 N–H and O–H groups in total. The number of nitrogens with one attached hydrogen (secondary N) is 2. The Kier molecular flexibility index (Phi) is 5.23. The van der Waals surface area contributed by atoms with Gasteiger partial charge in [-0.05, 0) is 38.8 Å². The van der Waals surface area contributed by atoms with E-state index in [1.807, 2.05) is 31.2 Å². The van der Waals surface area contributed by atoms with Crippen molar-refractivity contribution in [2.45, 2.75) is 51.1 Å². The van der Waals surface area contributed by atoms with E-state index in [4.69, 9.17) is 4.74 Å². The van der Waals surface area contributed by atoms with Crippen LogP contribution in [0.3, 0.4) is 0 Å². The van der Waals surface area contributed by atoms with Crippen LogP contribution in [0.25, 0.3) is 0 Å². The van der Waals surface area contributed by atoms with Crippen molar-refractivity contribution in [2.24, 2.45) is 0 Å². The van der Waals surface area contributed by atoms with Crippen molar-refractivity contribution in [1.29, 1.82) is 0 Å². The number of amides is 1. The molecule has 4 nitrogen and oxygen atoms in total. The highest BCUT2D eigenvalue weighted by Gasteiger charge is 2.40. The Hall–Kier alpha value is -1.55. The number of ether oxygens (including phenoxy) is 1. The number of hydrogen-bond donors (Lipinski definition) is 2. The third-order valence-electron chi connectivity index (χ3n) is 4.31. The summed E-state index contributed by atoms with van der Waals surface area (Å²) in [5.41, 5.74) is 0.628. The van der Waals surface area contributed by atoms with Gasteiger partial charge in [-0.2, -0.15) is 0 Å². The number of carbonyl (C=O) groups is 1. The van der Waals surface area contributed by atoms with Crippen LogP contribution in [0.2, 0.25) is 0 Å². The van der Waals surface area contributed by atoms with Crippen LogP contribution in [0.1, 0.15) is 51.1 Å². The van der Waals surface area contributed by atoms with E-state index in [0.717, 1.165) is 43.5 Å². The van der Waals surface area contributed by atoms with E-state index in [-0.39, 0.29) is 17.5 Å². The Morgan fingerprint density at radius 1 is 1.48 bits per heavy atom. The maximum atomic E-state index is 12.7. The number of carbonyl (C=O) groups excluding carboxylic acids is 1. The normalized spacial score (nSPS) is 22.8. The summed E-state index contributed by atoms with van der Waals surface area (Å²) in [6, 6.07) is 7.76. The molecule has 4 heteroatoms. The quantitative estimate of drug-likeness (QED) is 0.847. The van der Waals surface area contributed by atoms with E-state index < -0.39 is 0 Å². The monoisotopic (exact) mass is 290 g/mol. The maximum Gasteiger partial charge on any atom is 0.240 e. The summed E-state index contributed by atoms with van der Waals surface area (Å²) in [7, 11) is 1.66. The lowest BCUT2D eigenvalue weighted by molar-refractivity contribution is -0.128. The van der Waals surface area contributed by atoms with Crippen molar-refractivity contribution in [3.63, 3.8) is 0 Å². The van der Waals surface area contributed by atoms with Crippen LogP contribution in [0, 0.1) is 0 Å². The molecule has 1 amide bonds. The van der Waals surface area contributed by atoms with Gasteiger partial charge in [0.2, 0.25) is 5.91 Å². The lowest BCUT2D eigenvalue weighted by Gasteiger charge is -2.30. The van der Waals surface area contributed by atoms with Gasteiger partial charge in [0, 0.05) is 5.56 Å². The Morgan fingerprint density at radius 2 is 2.24 bits per heavy atom. The molecule has 0 saturated carbocycles. The smallest absolute Gasteiger partial charge is 0.240 e. The van der Waals surface area contributed by atoms with E-state index in [9.17, 15) is 4.79 Å². The first-order valence-electron chi connectivity index (χ1n) is 7.82. The van der Waals surface area contributed by atoms with Crippen LogP contribution in [0.5, 0.6) is 5.75 Å². The molecule has 0 spiro atoms.